The van der Waals surface area contributed by atoms with E-state index in [9.17, 15) is 14.4 Å². The number of hydrogen-bond acceptors (Lipinski definition) is 11. The Balaban J connectivity index is 1.32. The third-order valence-corrected chi connectivity index (χ3v) is 9.82. The number of aromatic nitrogens is 3. The van der Waals surface area contributed by atoms with Gasteiger partial charge in [-0.1, -0.05) is 48.9 Å². The van der Waals surface area contributed by atoms with E-state index in [1.165, 1.54) is 20.3 Å². The van der Waals surface area contributed by atoms with Crippen LogP contribution in [0.3, 0.4) is 0 Å². The summed E-state index contributed by atoms with van der Waals surface area (Å²) in [6.07, 6.45) is -0.150. The van der Waals surface area contributed by atoms with Crippen LogP contribution >= 0.6 is 11.6 Å². The summed E-state index contributed by atoms with van der Waals surface area (Å²) in [5, 5.41) is 10.3. The molecule has 7 rings (SSSR count). The van der Waals surface area contributed by atoms with E-state index in [0.717, 1.165) is 5.56 Å². The number of methoxy groups -OCH3 is 4. The Hall–Kier alpha value is -5.66. The molecule has 0 fully saturated rings. The minimum atomic E-state index is -2.01. The number of nitrogens with one attached hydrogen (secondary N) is 2. The first kappa shape index (κ1) is 34.8. The van der Waals surface area contributed by atoms with Crippen molar-refractivity contribution in [3.8, 4) is 34.3 Å². The second kappa shape index (κ2) is 13.8. The number of halogens is 1. The van der Waals surface area contributed by atoms with E-state index in [-0.39, 0.29) is 52.8 Å². The SMILES string of the molecule is COCc1nc(C(NC(=O)Cc2c(-c3ccc(OC)cc3)oc3c2C(=O)[C@@]2(Oc4c(Cl)c(OC)cc(OC)c4C2=O)[C@H](C)C3)c2ccccc2)n[nH]1. The van der Waals surface area contributed by atoms with Crippen LogP contribution in [-0.2, 0) is 29.0 Å². The Kier molecular flexibility index (Phi) is 9.24. The first-order valence-electron chi connectivity index (χ1n) is 16.4. The number of hydrogen-bond donors (Lipinski definition) is 2. The summed E-state index contributed by atoms with van der Waals surface area (Å²) in [4.78, 5) is 48.1. The smallest absolute Gasteiger partial charge is 0.237 e. The summed E-state index contributed by atoms with van der Waals surface area (Å²) in [5.41, 5.74) is -0.246. The number of rotatable bonds is 11. The van der Waals surface area contributed by atoms with Gasteiger partial charge in [-0.3, -0.25) is 19.5 Å². The minimum Gasteiger partial charge on any atom is -0.497 e. The zero-order valence-electron chi connectivity index (χ0n) is 29.0. The normalized spacial score (nSPS) is 18.1. The van der Waals surface area contributed by atoms with Gasteiger partial charge < -0.3 is 33.4 Å². The quantitative estimate of drug-likeness (QED) is 0.160. The van der Waals surface area contributed by atoms with Crippen LogP contribution in [0.25, 0.3) is 11.3 Å². The van der Waals surface area contributed by atoms with Crippen LogP contribution in [0.1, 0.15) is 62.2 Å². The number of carbonyl (C=O) groups excluding carboxylic acids is 3. The molecule has 13 nitrogen and oxygen atoms in total. The molecule has 0 radical (unpaired) electrons. The maximum atomic E-state index is 15.0. The Morgan fingerprint density at radius 1 is 1.00 bits per heavy atom. The van der Waals surface area contributed by atoms with Gasteiger partial charge in [-0.25, -0.2) is 4.98 Å². The summed E-state index contributed by atoms with van der Waals surface area (Å²) in [5.74, 6) is 0.0221. The van der Waals surface area contributed by atoms with Gasteiger partial charge in [0.25, 0.3) is 0 Å². The van der Waals surface area contributed by atoms with Crippen molar-refractivity contribution in [1.29, 1.82) is 0 Å². The van der Waals surface area contributed by atoms with Crippen molar-refractivity contribution < 1.29 is 42.5 Å². The highest BCUT2D eigenvalue weighted by atomic mass is 35.5. The molecule has 1 spiro atoms. The molecule has 14 heteroatoms. The molecule has 2 aromatic heterocycles. The molecule has 5 aromatic rings. The first-order valence-corrected chi connectivity index (χ1v) is 16.8. The third-order valence-electron chi connectivity index (χ3n) is 9.46. The lowest BCUT2D eigenvalue weighted by Gasteiger charge is -2.35. The molecule has 3 heterocycles. The molecule has 3 atom stereocenters. The van der Waals surface area contributed by atoms with E-state index in [0.29, 0.717) is 40.0 Å². The van der Waals surface area contributed by atoms with Gasteiger partial charge in [-0.15, -0.1) is 0 Å². The summed E-state index contributed by atoms with van der Waals surface area (Å²) in [6.45, 7) is 1.94. The Morgan fingerprint density at radius 3 is 2.38 bits per heavy atom. The van der Waals surface area contributed by atoms with Crippen molar-refractivity contribution in [2.75, 3.05) is 28.4 Å². The molecule has 0 saturated carbocycles. The van der Waals surface area contributed by atoms with Crippen LogP contribution in [0.4, 0.5) is 0 Å². The predicted molar refractivity (Wildman–Crippen MR) is 187 cm³/mol. The average molecular weight is 727 g/mol. The van der Waals surface area contributed by atoms with E-state index in [4.69, 9.17) is 39.7 Å². The highest BCUT2D eigenvalue weighted by Gasteiger charge is 2.63. The predicted octanol–water partition coefficient (Wildman–Crippen LogP) is 5.73. The average Bonchev–Trinajstić information content (AvgIpc) is 3.86. The topological polar surface area (TPSA) is 164 Å². The van der Waals surface area contributed by atoms with E-state index < -0.39 is 35.0 Å². The van der Waals surface area contributed by atoms with Gasteiger partial charge >= 0.3 is 0 Å². The van der Waals surface area contributed by atoms with E-state index in [2.05, 4.69) is 20.5 Å². The molecule has 1 amide bonds. The molecule has 52 heavy (non-hydrogen) atoms. The maximum Gasteiger partial charge on any atom is 0.237 e. The Bertz CT molecular complexity index is 2180. The van der Waals surface area contributed by atoms with Crippen molar-refractivity contribution in [2.45, 2.75) is 38.0 Å². The number of benzene rings is 3. The molecule has 3 aromatic carbocycles. The Labute approximate surface area is 303 Å². The fourth-order valence-corrected chi connectivity index (χ4v) is 7.20. The molecule has 1 aliphatic carbocycles. The fourth-order valence-electron chi connectivity index (χ4n) is 6.93. The molecule has 2 N–H and O–H groups in total. The lowest BCUT2D eigenvalue weighted by Crippen LogP contribution is -2.56. The van der Waals surface area contributed by atoms with Crippen LogP contribution in [0.5, 0.6) is 23.0 Å². The standard InChI is InChI=1S/C38H35ClN4O9/c1-19-15-25-29(35(45)38(19)36(46)30-24(49-4)17-26(50-5)31(39)34(30)52-38)23(33(51-25)21-11-13-22(48-3)14-12-21)16-28(44)41-32(20-9-7-6-8-10-20)37-40-27(18-47-2)42-43-37/h6-14,17,19,32H,15-16,18H2,1-5H3,(H,41,44)(H,40,42,43)/t19-,32?,38+/m1/s1. The van der Waals surface area contributed by atoms with Crippen molar-refractivity contribution in [3.05, 3.63) is 105 Å². The monoisotopic (exact) mass is 726 g/mol. The molecule has 0 saturated heterocycles. The number of carbonyl (C=O) groups is 3. The molecule has 0 bridgehead atoms. The van der Waals surface area contributed by atoms with Crippen LogP contribution < -0.4 is 24.3 Å². The fraction of sp³-hybridized carbons (Fsp3) is 0.289. The molecule has 268 valence electrons. The summed E-state index contributed by atoms with van der Waals surface area (Å²) in [6, 6.07) is 17.0. The number of H-pyrrole nitrogens is 1. The second-order valence-electron chi connectivity index (χ2n) is 12.5. The number of fused-ring (bicyclic) bond motifs is 2. The van der Waals surface area contributed by atoms with E-state index in [1.807, 2.05) is 30.3 Å². The van der Waals surface area contributed by atoms with Gasteiger partial charge in [0.1, 0.15) is 52.0 Å². The number of amides is 1. The summed E-state index contributed by atoms with van der Waals surface area (Å²) >= 11 is 6.65. The number of Topliss-reactive ketones (excluding diaryl/α,β-unsaturated/α-hetero) is 2. The summed E-state index contributed by atoms with van der Waals surface area (Å²) < 4.78 is 34.3. The van der Waals surface area contributed by atoms with Gasteiger partial charge in [0.2, 0.25) is 23.1 Å². The number of aromatic amines is 1. The van der Waals surface area contributed by atoms with Gasteiger partial charge in [-0.2, -0.15) is 5.10 Å². The molecular weight excluding hydrogens is 692 g/mol. The van der Waals surface area contributed by atoms with Crippen LogP contribution in [0, 0.1) is 5.92 Å². The van der Waals surface area contributed by atoms with E-state index in [1.54, 1.807) is 45.4 Å². The van der Waals surface area contributed by atoms with E-state index >= 15 is 0 Å². The molecular formula is C38H35ClN4O9. The van der Waals surface area contributed by atoms with Crippen LogP contribution in [0.2, 0.25) is 5.02 Å². The lowest BCUT2D eigenvalue weighted by atomic mass is 9.70. The highest BCUT2D eigenvalue weighted by Crippen LogP contribution is 2.54. The number of furan rings is 1. The zero-order chi connectivity index (χ0) is 36.7. The summed E-state index contributed by atoms with van der Waals surface area (Å²) in [7, 11) is 5.92. The number of ether oxygens (including phenoxy) is 5. The van der Waals surface area contributed by atoms with Gasteiger partial charge in [-0.05, 0) is 29.8 Å². The van der Waals surface area contributed by atoms with Gasteiger partial charge in [0, 0.05) is 36.6 Å². The van der Waals surface area contributed by atoms with Crippen molar-refractivity contribution in [2.24, 2.45) is 5.92 Å². The number of nitrogens with zero attached hydrogens (tertiary/aromatic N) is 2. The van der Waals surface area contributed by atoms with Gasteiger partial charge in [0.15, 0.2) is 17.4 Å². The van der Waals surface area contributed by atoms with Crippen molar-refractivity contribution in [1.82, 2.24) is 20.5 Å². The van der Waals surface area contributed by atoms with Crippen molar-refractivity contribution >= 4 is 29.1 Å². The second-order valence-corrected chi connectivity index (χ2v) is 12.9. The van der Waals surface area contributed by atoms with Gasteiger partial charge in [0.05, 0.1) is 33.3 Å². The maximum absolute atomic E-state index is 15.0. The minimum absolute atomic E-state index is 0.00488. The molecule has 2 aliphatic rings. The lowest BCUT2D eigenvalue weighted by molar-refractivity contribution is -0.121. The third kappa shape index (κ3) is 5.66. The molecule has 1 unspecified atom stereocenters. The van der Waals surface area contributed by atoms with Crippen molar-refractivity contribution in [3.63, 3.8) is 0 Å². The zero-order valence-corrected chi connectivity index (χ0v) is 29.8. The molecule has 1 aliphatic heterocycles. The Morgan fingerprint density at radius 2 is 1.71 bits per heavy atom. The largest absolute Gasteiger partial charge is 0.497 e. The highest BCUT2D eigenvalue weighted by molar-refractivity contribution is 6.36. The first-order chi connectivity index (χ1) is 25.1. The van der Waals surface area contributed by atoms with Crippen LogP contribution in [0.15, 0.2) is 65.1 Å². The van der Waals surface area contributed by atoms with Crippen LogP contribution in [-0.4, -0.2) is 66.7 Å². The number of ketones is 2.